The number of phenols is 3. The lowest BCUT2D eigenvalue weighted by molar-refractivity contribution is 0.144. The maximum absolute atomic E-state index is 9.65. The van der Waals surface area contributed by atoms with E-state index < -0.39 is 5.60 Å². The Balaban J connectivity index is 2.57. The molecule has 1 aliphatic rings. The van der Waals surface area contributed by atoms with Crippen molar-refractivity contribution in [3.63, 3.8) is 0 Å². The molecule has 1 aromatic rings. The van der Waals surface area contributed by atoms with Crippen LogP contribution >= 0.6 is 0 Å². The van der Waals surface area contributed by atoms with Gasteiger partial charge in [0.2, 0.25) is 0 Å². The van der Waals surface area contributed by atoms with Gasteiger partial charge in [-0.1, -0.05) is 0 Å². The fourth-order valence-electron chi connectivity index (χ4n) is 1.44. The van der Waals surface area contributed by atoms with Crippen LogP contribution in [0.15, 0.2) is 12.1 Å². The van der Waals surface area contributed by atoms with E-state index in [2.05, 4.69) is 0 Å². The van der Waals surface area contributed by atoms with Gasteiger partial charge in [0.15, 0.2) is 0 Å². The first-order valence-electron chi connectivity index (χ1n) is 4.01. The summed E-state index contributed by atoms with van der Waals surface area (Å²) in [4.78, 5) is 0. The van der Waals surface area contributed by atoms with Crippen LogP contribution in [0.3, 0.4) is 0 Å². The molecule has 1 aliphatic carbocycles. The number of aromatic hydroxyl groups is 3. The molecule has 2 rings (SSSR count). The van der Waals surface area contributed by atoms with Gasteiger partial charge >= 0.3 is 0 Å². The number of aliphatic hydroxyl groups is 1. The summed E-state index contributed by atoms with van der Waals surface area (Å²) in [7, 11) is 0. The number of benzene rings is 1. The van der Waals surface area contributed by atoms with Crippen molar-refractivity contribution in [2.24, 2.45) is 0 Å². The molecule has 4 heteroatoms. The van der Waals surface area contributed by atoms with Gasteiger partial charge in [-0.3, -0.25) is 0 Å². The highest BCUT2D eigenvalue weighted by molar-refractivity contribution is 5.53. The molecule has 1 saturated carbocycles. The van der Waals surface area contributed by atoms with Gasteiger partial charge in [0.1, 0.15) is 17.2 Å². The molecule has 0 radical (unpaired) electrons. The van der Waals surface area contributed by atoms with Gasteiger partial charge in [0.25, 0.3) is 0 Å². The SMILES string of the molecule is Oc1cc(O)c(C2(O)CC2)c(O)c1. The van der Waals surface area contributed by atoms with Crippen molar-refractivity contribution in [1.29, 1.82) is 0 Å². The van der Waals surface area contributed by atoms with E-state index >= 15 is 0 Å². The smallest absolute Gasteiger partial charge is 0.129 e. The minimum Gasteiger partial charge on any atom is -0.508 e. The third-order valence-corrected chi connectivity index (χ3v) is 2.27. The van der Waals surface area contributed by atoms with Crippen LogP contribution in [0.1, 0.15) is 18.4 Å². The Kier molecular flexibility index (Phi) is 1.44. The second kappa shape index (κ2) is 2.29. The summed E-state index contributed by atoms with van der Waals surface area (Å²) in [6, 6.07) is 2.21. The first-order valence-corrected chi connectivity index (χ1v) is 4.01. The molecule has 0 bridgehead atoms. The van der Waals surface area contributed by atoms with Crippen molar-refractivity contribution in [2.75, 3.05) is 0 Å². The number of phenolic OH excluding ortho intramolecular Hbond substituents is 3. The molecule has 0 spiro atoms. The van der Waals surface area contributed by atoms with Crippen LogP contribution in [0.2, 0.25) is 0 Å². The highest BCUT2D eigenvalue weighted by Crippen LogP contribution is 2.52. The van der Waals surface area contributed by atoms with Crippen LogP contribution in [0.25, 0.3) is 0 Å². The van der Waals surface area contributed by atoms with Gasteiger partial charge in [0.05, 0.1) is 11.2 Å². The molecule has 0 saturated heterocycles. The van der Waals surface area contributed by atoms with Gasteiger partial charge < -0.3 is 20.4 Å². The lowest BCUT2D eigenvalue weighted by atomic mass is 10.0. The van der Waals surface area contributed by atoms with Crippen molar-refractivity contribution in [3.8, 4) is 17.2 Å². The average molecular weight is 182 g/mol. The molecule has 0 unspecified atom stereocenters. The molecule has 0 atom stereocenters. The van der Waals surface area contributed by atoms with Crippen LogP contribution in [-0.2, 0) is 5.60 Å². The van der Waals surface area contributed by atoms with Crippen molar-refractivity contribution in [2.45, 2.75) is 18.4 Å². The van der Waals surface area contributed by atoms with Gasteiger partial charge in [0, 0.05) is 12.1 Å². The Hall–Kier alpha value is -1.42. The zero-order valence-electron chi connectivity index (χ0n) is 6.86. The number of hydrogen-bond donors (Lipinski definition) is 4. The maximum Gasteiger partial charge on any atom is 0.129 e. The van der Waals surface area contributed by atoms with E-state index in [1.165, 1.54) is 0 Å². The van der Waals surface area contributed by atoms with Crippen LogP contribution in [0.5, 0.6) is 17.2 Å². The Morgan fingerprint density at radius 3 is 1.85 bits per heavy atom. The fourth-order valence-corrected chi connectivity index (χ4v) is 1.44. The molecule has 4 nitrogen and oxygen atoms in total. The highest BCUT2D eigenvalue weighted by Gasteiger charge is 2.46. The zero-order valence-corrected chi connectivity index (χ0v) is 6.86. The Morgan fingerprint density at radius 1 is 1.00 bits per heavy atom. The summed E-state index contributed by atoms with van der Waals surface area (Å²) >= 11 is 0. The first kappa shape index (κ1) is 8.19. The molecule has 0 heterocycles. The lowest BCUT2D eigenvalue weighted by Crippen LogP contribution is -2.04. The van der Waals surface area contributed by atoms with E-state index in [4.69, 9.17) is 5.11 Å². The number of rotatable bonds is 1. The van der Waals surface area contributed by atoms with E-state index in [-0.39, 0.29) is 22.8 Å². The molecule has 70 valence electrons. The quantitative estimate of drug-likeness (QED) is 0.517. The molecule has 0 aliphatic heterocycles. The summed E-state index contributed by atoms with van der Waals surface area (Å²) < 4.78 is 0. The zero-order chi connectivity index (χ0) is 9.64. The molecule has 0 aromatic heterocycles. The average Bonchev–Trinajstić information content (AvgIpc) is 2.65. The molecule has 13 heavy (non-hydrogen) atoms. The molecule has 1 fully saturated rings. The van der Waals surface area contributed by atoms with E-state index in [9.17, 15) is 15.3 Å². The van der Waals surface area contributed by atoms with Crippen LogP contribution in [-0.4, -0.2) is 20.4 Å². The second-order valence-corrected chi connectivity index (χ2v) is 3.39. The molecular weight excluding hydrogens is 172 g/mol. The number of hydrogen-bond acceptors (Lipinski definition) is 4. The summed E-state index contributed by atoms with van der Waals surface area (Å²) in [5, 5.41) is 37.4. The summed E-state index contributed by atoms with van der Waals surface area (Å²) in [6.07, 6.45) is 1.05. The normalized spacial score (nSPS) is 18.5. The summed E-state index contributed by atoms with van der Waals surface area (Å²) in [6.45, 7) is 0. The molecule has 4 N–H and O–H groups in total. The van der Waals surface area contributed by atoms with Gasteiger partial charge in [-0.05, 0) is 12.8 Å². The van der Waals surface area contributed by atoms with Crippen LogP contribution in [0, 0.1) is 0 Å². The molecule has 0 amide bonds. The minimum atomic E-state index is -1.10. The van der Waals surface area contributed by atoms with E-state index in [1.54, 1.807) is 0 Å². The van der Waals surface area contributed by atoms with Crippen molar-refractivity contribution in [1.82, 2.24) is 0 Å². The van der Waals surface area contributed by atoms with Gasteiger partial charge in [-0.2, -0.15) is 0 Å². The van der Waals surface area contributed by atoms with Gasteiger partial charge in [-0.15, -0.1) is 0 Å². The Labute approximate surface area is 74.7 Å². The van der Waals surface area contributed by atoms with Gasteiger partial charge in [-0.25, -0.2) is 0 Å². The van der Waals surface area contributed by atoms with Crippen LogP contribution in [0.4, 0.5) is 0 Å². The molecule has 1 aromatic carbocycles. The largest absolute Gasteiger partial charge is 0.508 e. The highest BCUT2D eigenvalue weighted by atomic mass is 16.3. The second-order valence-electron chi connectivity index (χ2n) is 3.39. The van der Waals surface area contributed by atoms with E-state index in [0.717, 1.165) is 12.1 Å². The third-order valence-electron chi connectivity index (χ3n) is 2.27. The maximum atomic E-state index is 9.65. The van der Waals surface area contributed by atoms with E-state index in [0.29, 0.717) is 12.8 Å². The lowest BCUT2D eigenvalue weighted by Gasteiger charge is -2.12. The summed E-state index contributed by atoms with van der Waals surface area (Å²) in [5.74, 6) is -0.752. The van der Waals surface area contributed by atoms with Crippen molar-refractivity contribution in [3.05, 3.63) is 17.7 Å². The predicted octanol–water partition coefficient (Wildman–Crippen LogP) is 0.785. The Morgan fingerprint density at radius 2 is 1.46 bits per heavy atom. The Bertz CT molecular complexity index is 332. The fraction of sp³-hybridized carbons (Fsp3) is 0.333. The van der Waals surface area contributed by atoms with Crippen molar-refractivity contribution >= 4 is 0 Å². The minimum absolute atomic E-state index is 0.116. The standard InChI is InChI=1S/C9H10O4/c10-5-3-6(11)8(7(12)4-5)9(13)1-2-9/h3-4,10-13H,1-2H2. The predicted molar refractivity (Wildman–Crippen MR) is 44.6 cm³/mol. The molecular formula is C9H10O4. The first-order chi connectivity index (χ1) is 6.03. The summed E-state index contributed by atoms with van der Waals surface area (Å²) in [5.41, 5.74) is -0.979. The monoisotopic (exact) mass is 182 g/mol. The third kappa shape index (κ3) is 1.19. The van der Waals surface area contributed by atoms with Crippen molar-refractivity contribution < 1.29 is 20.4 Å². The van der Waals surface area contributed by atoms with Crippen LogP contribution < -0.4 is 0 Å². The van der Waals surface area contributed by atoms with E-state index in [1.807, 2.05) is 0 Å². The topological polar surface area (TPSA) is 80.9 Å².